The minimum absolute atomic E-state index is 0.316. The number of nitrogens with zero attached hydrogens (tertiary/aromatic N) is 1. The van der Waals surface area contributed by atoms with Crippen molar-refractivity contribution < 1.29 is 24.3 Å². The van der Waals surface area contributed by atoms with Gasteiger partial charge in [0, 0.05) is 0 Å². The van der Waals surface area contributed by atoms with Crippen LogP contribution in [-0.4, -0.2) is 27.6 Å². The van der Waals surface area contributed by atoms with Gasteiger partial charge in [-0.05, 0) is 32.9 Å². The lowest BCUT2D eigenvalue weighted by Gasteiger charge is -2.11. The Morgan fingerprint density at radius 2 is 1.78 bits per heavy atom. The monoisotopic (exact) mass is 248 g/mol. The van der Waals surface area contributed by atoms with Gasteiger partial charge in [-0.3, -0.25) is 0 Å². The van der Waals surface area contributed by atoms with Crippen molar-refractivity contribution in [1.82, 2.24) is 0 Å². The van der Waals surface area contributed by atoms with Crippen LogP contribution in [0.3, 0.4) is 0 Å². The van der Waals surface area contributed by atoms with E-state index in [1.54, 1.807) is 45.0 Å². The highest BCUT2D eigenvalue weighted by Crippen LogP contribution is 2.20. The molecule has 0 radical (unpaired) electrons. The molecule has 1 heterocycles. The quantitative estimate of drug-likeness (QED) is 0.606. The van der Waals surface area contributed by atoms with E-state index in [4.69, 9.17) is 4.84 Å². The fraction of sp³-hybridized carbons (Fsp3) is 0.308. The van der Waals surface area contributed by atoms with Gasteiger partial charge in [0.2, 0.25) is 0 Å². The van der Waals surface area contributed by atoms with E-state index in [2.05, 4.69) is 0 Å². The van der Waals surface area contributed by atoms with Crippen molar-refractivity contribution in [3.63, 3.8) is 0 Å². The molecule has 94 valence electrons. The first-order chi connectivity index (χ1) is 8.32. The van der Waals surface area contributed by atoms with Crippen LogP contribution < -0.4 is 0 Å². The predicted octanol–water partition coefficient (Wildman–Crippen LogP) is 1.66. The highest BCUT2D eigenvalue weighted by atomic mass is 16.7. The van der Waals surface area contributed by atoms with E-state index in [-0.39, 0.29) is 5.90 Å². The summed E-state index contributed by atoms with van der Waals surface area (Å²) in [4.78, 5) is 28.6. The minimum atomic E-state index is -0.755. The first-order valence-corrected chi connectivity index (χ1v) is 5.54. The van der Waals surface area contributed by atoms with Crippen molar-refractivity contribution in [2.75, 3.05) is 0 Å². The van der Waals surface area contributed by atoms with E-state index in [1.807, 2.05) is 0 Å². The van der Waals surface area contributed by atoms with Crippen molar-refractivity contribution >= 4 is 17.8 Å². The van der Waals surface area contributed by atoms with Gasteiger partial charge in [-0.2, -0.15) is 4.84 Å². The highest BCUT2D eigenvalue weighted by molar-refractivity contribution is 6.09. The van der Waals surface area contributed by atoms with Gasteiger partial charge in [-0.1, -0.05) is 12.1 Å². The summed E-state index contributed by atoms with van der Waals surface area (Å²) in [6, 6.07) is 6.53. The fourth-order valence-corrected chi connectivity index (χ4v) is 1.48. The molecular weight excluding hydrogens is 234 g/mol. The van der Waals surface area contributed by atoms with Crippen molar-refractivity contribution in [1.29, 1.82) is 0 Å². The average molecular weight is 248 g/mol. The predicted molar refractivity (Wildman–Crippen MR) is 63.3 cm³/mol. The third-order valence-electron chi connectivity index (χ3n) is 2.56. The number of hydrogen-bond acceptors (Lipinski definition) is 3. The van der Waals surface area contributed by atoms with Gasteiger partial charge < -0.3 is 5.11 Å². The van der Waals surface area contributed by atoms with Crippen LogP contribution in [0.25, 0.3) is 0 Å². The second-order valence-electron chi connectivity index (χ2n) is 5.10. The van der Waals surface area contributed by atoms with Gasteiger partial charge in [0.1, 0.15) is 15.9 Å². The molecule has 18 heavy (non-hydrogen) atoms. The molecule has 0 unspecified atom stereocenters. The topological polar surface area (TPSA) is 66.6 Å². The first-order valence-electron chi connectivity index (χ1n) is 5.54. The van der Waals surface area contributed by atoms with Crippen LogP contribution in [0, 0.1) is 5.41 Å². The summed E-state index contributed by atoms with van der Waals surface area (Å²) in [5.41, 5.74) is -0.0732. The number of carbonyl (C=O) groups excluding carboxylic acids is 2. The third-order valence-corrected chi connectivity index (χ3v) is 2.56. The largest absolute Gasteiger partial charge is 0.472 e. The zero-order chi connectivity index (χ0) is 13.5. The minimum Gasteiger partial charge on any atom is -0.456 e. The van der Waals surface area contributed by atoms with Gasteiger partial charge in [-0.25, -0.2) is 9.59 Å². The van der Waals surface area contributed by atoms with Crippen LogP contribution >= 0.6 is 0 Å². The number of hydrogen-bond donors (Lipinski definition) is 1. The molecule has 1 aliphatic rings. The number of rotatable bonds is 1. The molecule has 1 N–H and O–H groups in total. The summed E-state index contributed by atoms with van der Waals surface area (Å²) >= 11 is 0. The Morgan fingerprint density at radius 3 is 2.28 bits per heavy atom. The van der Waals surface area contributed by atoms with Crippen LogP contribution in [0.1, 0.15) is 36.7 Å². The van der Waals surface area contributed by atoms with E-state index < -0.39 is 17.3 Å². The van der Waals surface area contributed by atoms with Crippen LogP contribution in [0.5, 0.6) is 0 Å². The Kier molecular flexibility index (Phi) is 2.69. The van der Waals surface area contributed by atoms with Gasteiger partial charge in [-0.15, -0.1) is 0 Å². The molecule has 0 bridgehead atoms. The Labute approximate surface area is 104 Å². The SMILES string of the molecule is CC(C)(C)C(=O)O[N+]1=C(O)c2ccccc2C1=O. The van der Waals surface area contributed by atoms with E-state index in [1.165, 1.54) is 0 Å². The second-order valence-corrected chi connectivity index (χ2v) is 5.10. The van der Waals surface area contributed by atoms with Gasteiger partial charge in [0.05, 0.1) is 5.41 Å². The first kappa shape index (κ1) is 12.3. The van der Waals surface area contributed by atoms with E-state index in [9.17, 15) is 14.7 Å². The molecule has 1 amide bonds. The Balaban J connectivity index is 2.35. The summed E-state index contributed by atoms with van der Waals surface area (Å²) in [6.45, 7) is 5.00. The van der Waals surface area contributed by atoms with Crippen molar-refractivity contribution in [2.45, 2.75) is 20.8 Å². The maximum Gasteiger partial charge on any atom is 0.472 e. The molecule has 0 atom stereocenters. The molecule has 0 spiro atoms. The lowest BCUT2D eigenvalue weighted by molar-refractivity contribution is -0.689. The molecule has 2 rings (SSSR count). The molecule has 0 saturated heterocycles. The van der Waals surface area contributed by atoms with Gasteiger partial charge in [0.15, 0.2) is 0 Å². The summed E-state index contributed by atoms with van der Waals surface area (Å²) in [5, 5.41) is 9.87. The van der Waals surface area contributed by atoms with Gasteiger partial charge >= 0.3 is 17.8 Å². The van der Waals surface area contributed by atoms with Crippen molar-refractivity contribution in [3.8, 4) is 0 Å². The Bertz CT molecular complexity index is 567. The molecule has 1 aromatic carbocycles. The third kappa shape index (κ3) is 1.88. The van der Waals surface area contributed by atoms with Crippen molar-refractivity contribution in [2.24, 2.45) is 5.41 Å². The number of fused-ring (bicyclic) bond motifs is 1. The van der Waals surface area contributed by atoms with Crippen LogP contribution in [0.2, 0.25) is 0 Å². The number of hydroxylamine groups is 1. The molecule has 0 aromatic heterocycles. The second kappa shape index (κ2) is 3.94. The summed E-state index contributed by atoms with van der Waals surface area (Å²) in [7, 11) is 0. The number of aliphatic hydroxyl groups excluding tert-OH is 1. The van der Waals surface area contributed by atoms with Crippen LogP contribution in [0.4, 0.5) is 0 Å². The van der Waals surface area contributed by atoms with Crippen molar-refractivity contribution in [3.05, 3.63) is 35.4 Å². The van der Waals surface area contributed by atoms with Crippen LogP contribution in [0.15, 0.2) is 24.3 Å². The average Bonchev–Trinajstić information content (AvgIpc) is 2.54. The number of aliphatic hydroxyl groups is 1. The molecular formula is C13H14NO4+. The van der Waals surface area contributed by atoms with E-state index in [0.717, 1.165) is 0 Å². The molecule has 5 nitrogen and oxygen atoms in total. The van der Waals surface area contributed by atoms with Crippen LogP contribution in [-0.2, 0) is 9.63 Å². The maximum absolute atomic E-state index is 11.9. The van der Waals surface area contributed by atoms with E-state index in [0.29, 0.717) is 15.9 Å². The lowest BCUT2D eigenvalue weighted by atomic mass is 9.98. The Morgan fingerprint density at radius 1 is 1.22 bits per heavy atom. The molecule has 5 heteroatoms. The summed E-state index contributed by atoms with van der Waals surface area (Å²) in [6.07, 6.45) is 0. The number of carbonyl (C=O) groups is 2. The highest BCUT2D eigenvalue weighted by Gasteiger charge is 2.44. The summed E-state index contributed by atoms with van der Waals surface area (Å²) < 4.78 is 0.637. The molecule has 0 saturated carbocycles. The zero-order valence-electron chi connectivity index (χ0n) is 10.4. The Hall–Kier alpha value is -2.17. The maximum atomic E-state index is 11.9. The van der Waals surface area contributed by atoms with E-state index >= 15 is 0 Å². The van der Waals surface area contributed by atoms with Gasteiger partial charge in [0.25, 0.3) is 0 Å². The lowest BCUT2D eigenvalue weighted by Crippen LogP contribution is -2.31. The molecule has 0 fully saturated rings. The smallest absolute Gasteiger partial charge is 0.456 e. The zero-order valence-corrected chi connectivity index (χ0v) is 10.4. The molecule has 0 aliphatic carbocycles. The number of amides is 1. The molecule has 1 aromatic rings. The fourth-order valence-electron chi connectivity index (χ4n) is 1.48. The number of benzene rings is 1. The molecule has 1 aliphatic heterocycles. The normalized spacial score (nSPS) is 14.7. The summed E-state index contributed by atoms with van der Waals surface area (Å²) in [5.74, 6) is -1.48. The standard InChI is InChI=1S/C13H13NO4/c1-13(2,3)12(17)18-14-10(15)8-6-4-5-7-9(8)11(14)16/h4-7H,1-3H3/p+1.